The van der Waals surface area contributed by atoms with Crippen LogP contribution in [0.4, 0.5) is 0 Å². The van der Waals surface area contributed by atoms with Crippen LogP contribution in [0.1, 0.15) is 113 Å². The third kappa shape index (κ3) is 7.47. The van der Waals surface area contributed by atoms with Crippen molar-refractivity contribution in [1.29, 1.82) is 0 Å². The first kappa shape index (κ1) is 32.1. The average molecular weight is 557 g/mol. The van der Waals surface area contributed by atoms with Gasteiger partial charge in [0.25, 0.3) is 0 Å². The number of carbonyl (C=O) groups is 2. The molecule has 0 heterocycles. The second-order valence-corrected chi connectivity index (χ2v) is 12.8. The molecule has 4 nitrogen and oxygen atoms in total. The summed E-state index contributed by atoms with van der Waals surface area (Å²) in [5.41, 5.74) is 4.93. The van der Waals surface area contributed by atoms with Gasteiger partial charge in [0, 0.05) is 17.3 Å². The SMILES string of the molecule is CCC(C)(C)Oc1ccc(C(C)(C)c2ccc(OC(=O)c3ccc(CC(=O)C(C)(CC)CC)cc3)c(C)c2)cc1C. The monoisotopic (exact) mass is 556 g/mol. The number of benzene rings is 3. The number of hydrogen-bond acceptors (Lipinski definition) is 4. The van der Waals surface area contributed by atoms with Crippen LogP contribution in [0.3, 0.4) is 0 Å². The minimum atomic E-state index is -0.411. The second-order valence-electron chi connectivity index (χ2n) is 12.8. The number of hydrogen-bond donors (Lipinski definition) is 0. The number of rotatable bonds is 12. The first-order valence-electron chi connectivity index (χ1n) is 14.9. The Bertz CT molecular complexity index is 1370. The van der Waals surface area contributed by atoms with Crippen molar-refractivity contribution in [2.24, 2.45) is 5.41 Å². The van der Waals surface area contributed by atoms with Gasteiger partial charge in [0.1, 0.15) is 22.9 Å². The van der Waals surface area contributed by atoms with Crippen molar-refractivity contribution in [1.82, 2.24) is 0 Å². The molecule has 0 saturated carbocycles. The van der Waals surface area contributed by atoms with E-state index in [9.17, 15) is 9.59 Å². The normalized spacial score (nSPS) is 12.2. The van der Waals surface area contributed by atoms with Crippen LogP contribution in [0.2, 0.25) is 0 Å². The van der Waals surface area contributed by atoms with Crippen LogP contribution < -0.4 is 9.47 Å². The molecule has 3 aromatic rings. The van der Waals surface area contributed by atoms with Crippen molar-refractivity contribution in [2.75, 3.05) is 0 Å². The summed E-state index contributed by atoms with van der Waals surface area (Å²) in [5.74, 6) is 1.27. The van der Waals surface area contributed by atoms with E-state index in [1.54, 1.807) is 12.1 Å². The number of Topliss-reactive ketones (excluding diaryl/α,β-unsaturated/α-hetero) is 1. The lowest BCUT2D eigenvalue weighted by atomic mass is 9.77. The quantitative estimate of drug-likeness (QED) is 0.165. The largest absolute Gasteiger partial charge is 0.488 e. The van der Waals surface area contributed by atoms with Crippen LogP contribution in [0.5, 0.6) is 11.5 Å². The Kier molecular flexibility index (Phi) is 9.89. The molecule has 0 spiro atoms. The maximum atomic E-state index is 12.9. The van der Waals surface area contributed by atoms with Gasteiger partial charge in [-0.25, -0.2) is 4.79 Å². The molecule has 3 aromatic carbocycles. The summed E-state index contributed by atoms with van der Waals surface area (Å²) >= 11 is 0. The van der Waals surface area contributed by atoms with Gasteiger partial charge in [0.05, 0.1) is 5.56 Å². The van der Waals surface area contributed by atoms with Crippen molar-refractivity contribution in [3.8, 4) is 11.5 Å². The molecule has 0 aromatic heterocycles. The van der Waals surface area contributed by atoms with Gasteiger partial charge in [-0.05, 0) is 99.0 Å². The highest BCUT2D eigenvalue weighted by atomic mass is 16.5. The molecule has 220 valence electrons. The topological polar surface area (TPSA) is 52.6 Å². The summed E-state index contributed by atoms with van der Waals surface area (Å²) in [7, 11) is 0. The van der Waals surface area contributed by atoms with Crippen LogP contribution in [0.15, 0.2) is 60.7 Å². The zero-order valence-electron chi connectivity index (χ0n) is 26.7. The highest BCUT2D eigenvalue weighted by Gasteiger charge is 2.29. The molecule has 0 atom stereocenters. The van der Waals surface area contributed by atoms with Crippen LogP contribution in [0, 0.1) is 19.3 Å². The molecular weight excluding hydrogens is 508 g/mol. The zero-order chi connectivity index (χ0) is 30.6. The van der Waals surface area contributed by atoms with Gasteiger partial charge in [-0.2, -0.15) is 0 Å². The third-order valence-electron chi connectivity index (χ3n) is 9.02. The summed E-state index contributed by atoms with van der Waals surface area (Å²) in [6.45, 7) is 20.9. The molecule has 0 aliphatic rings. The smallest absolute Gasteiger partial charge is 0.343 e. The second kappa shape index (κ2) is 12.6. The van der Waals surface area contributed by atoms with E-state index in [-0.39, 0.29) is 22.2 Å². The summed E-state index contributed by atoms with van der Waals surface area (Å²) in [5, 5.41) is 0. The number of aryl methyl sites for hydroxylation is 2. The number of carbonyl (C=O) groups excluding carboxylic acids is 2. The lowest BCUT2D eigenvalue weighted by molar-refractivity contribution is -0.127. The van der Waals surface area contributed by atoms with Gasteiger partial charge < -0.3 is 9.47 Å². The van der Waals surface area contributed by atoms with Gasteiger partial charge in [-0.3, -0.25) is 4.79 Å². The van der Waals surface area contributed by atoms with E-state index < -0.39 is 5.97 Å². The van der Waals surface area contributed by atoms with Crippen molar-refractivity contribution >= 4 is 11.8 Å². The maximum Gasteiger partial charge on any atom is 0.343 e. The van der Waals surface area contributed by atoms with E-state index in [1.807, 2.05) is 38.1 Å². The van der Waals surface area contributed by atoms with Crippen LogP contribution in [-0.2, 0) is 16.6 Å². The Balaban J connectivity index is 1.73. The predicted octanol–water partition coefficient (Wildman–Crippen LogP) is 9.35. The molecule has 0 unspecified atom stereocenters. The molecule has 0 amide bonds. The van der Waals surface area contributed by atoms with Crippen LogP contribution in [-0.4, -0.2) is 17.4 Å². The van der Waals surface area contributed by atoms with Gasteiger partial charge in [-0.15, -0.1) is 0 Å². The number of esters is 1. The standard InChI is InChI=1S/C37H48O4/c1-11-35(6,7)41-32-21-19-30(23-26(32)5)36(8,9)29-18-20-31(25(4)22-29)40-34(39)28-16-14-27(15-17-28)24-33(38)37(10,12-2)13-3/h14-23H,11-13,24H2,1-10H3. The maximum absolute atomic E-state index is 12.9. The Morgan fingerprint density at radius 1 is 0.683 bits per heavy atom. The Morgan fingerprint density at radius 3 is 1.66 bits per heavy atom. The fraction of sp³-hybridized carbons (Fsp3) is 0.459. The molecule has 0 aliphatic carbocycles. The fourth-order valence-electron chi connectivity index (χ4n) is 4.80. The molecule has 0 fully saturated rings. The number of ketones is 1. The number of ether oxygens (including phenoxy) is 2. The predicted molar refractivity (Wildman–Crippen MR) is 168 cm³/mol. The Hall–Kier alpha value is -3.40. The van der Waals surface area contributed by atoms with Crippen molar-refractivity contribution in [2.45, 2.75) is 106 Å². The first-order chi connectivity index (χ1) is 19.2. The van der Waals surface area contributed by atoms with Crippen LogP contribution in [0.25, 0.3) is 0 Å². The summed E-state index contributed by atoms with van der Waals surface area (Å²) in [4.78, 5) is 25.7. The van der Waals surface area contributed by atoms with E-state index in [4.69, 9.17) is 9.47 Å². The summed E-state index contributed by atoms with van der Waals surface area (Å²) < 4.78 is 12.0. The summed E-state index contributed by atoms with van der Waals surface area (Å²) in [6.07, 6.45) is 2.94. The summed E-state index contributed by atoms with van der Waals surface area (Å²) in [6, 6.07) is 19.6. The van der Waals surface area contributed by atoms with Crippen molar-refractivity contribution < 1.29 is 19.1 Å². The van der Waals surface area contributed by atoms with Gasteiger partial charge in [0.15, 0.2) is 0 Å². The molecule has 4 heteroatoms. The minimum absolute atomic E-state index is 0.210. The van der Waals surface area contributed by atoms with Gasteiger partial charge in [0.2, 0.25) is 0 Å². The van der Waals surface area contributed by atoms with Crippen molar-refractivity contribution in [3.63, 3.8) is 0 Å². The van der Waals surface area contributed by atoms with Gasteiger partial charge in [-0.1, -0.05) is 77.9 Å². The van der Waals surface area contributed by atoms with E-state index in [0.29, 0.717) is 17.7 Å². The Morgan fingerprint density at radius 2 is 1.20 bits per heavy atom. The lowest BCUT2D eigenvalue weighted by Gasteiger charge is -2.29. The highest BCUT2D eigenvalue weighted by molar-refractivity contribution is 5.91. The first-order valence-corrected chi connectivity index (χ1v) is 14.9. The molecule has 0 N–H and O–H groups in total. The van der Waals surface area contributed by atoms with Gasteiger partial charge >= 0.3 is 5.97 Å². The zero-order valence-corrected chi connectivity index (χ0v) is 26.7. The lowest BCUT2D eigenvalue weighted by Crippen LogP contribution is -2.27. The van der Waals surface area contributed by atoms with Crippen molar-refractivity contribution in [3.05, 3.63) is 94.0 Å². The molecular formula is C37H48O4. The molecule has 0 radical (unpaired) electrons. The highest BCUT2D eigenvalue weighted by Crippen LogP contribution is 2.37. The molecule has 0 saturated heterocycles. The molecule has 3 rings (SSSR count). The molecule has 41 heavy (non-hydrogen) atoms. The van der Waals surface area contributed by atoms with E-state index in [2.05, 4.69) is 79.7 Å². The fourth-order valence-corrected chi connectivity index (χ4v) is 4.80. The average Bonchev–Trinajstić information content (AvgIpc) is 2.94. The third-order valence-corrected chi connectivity index (χ3v) is 9.02. The van der Waals surface area contributed by atoms with E-state index >= 15 is 0 Å². The molecule has 0 aliphatic heterocycles. The Labute approximate surface area is 247 Å². The minimum Gasteiger partial charge on any atom is -0.488 e. The van der Waals surface area contributed by atoms with E-state index in [0.717, 1.165) is 47.3 Å². The molecule has 0 bridgehead atoms. The van der Waals surface area contributed by atoms with E-state index in [1.165, 1.54) is 5.56 Å². The van der Waals surface area contributed by atoms with Crippen LogP contribution >= 0.6 is 0 Å².